The van der Waals surface area contributed by atoms with E-state index in [4.69, 9.17) is 0 Å². The summed E-state index contributed by atoms with van der Waals surface area (Å²) in [6, 6.07) is 7.83. The molecule has 0 aromatic heterocycles. The van der Waals surface area contributed by atoms with Crippen molar-refractivity contribution >= 4 is 11.6 Å². The van der Waals surface area contributed by atoms with Crippen molar-refractivity contribution in [1.29, 1.82) is 0 Å². The molecule has 0 aliphatic heterocycles. The fourth-order valence-corrected chi connectivity index (χ4v) is 1.28. The number of carbonyl (C=O) groups is 1. The van der Waals surface area contributed by atoms with Crippen LogP contribution < -0.4 is 5.32 Å². The molecule has 1 rings (SSSR count). The second-order valence-corrected chi connectivity index (χ2v) is 3.00. The second kappa shape index (κ2) is 5.22. The summed E-state index contributed by atoms with van der Waals surface area (Å²) in [5.74, 6) is -0.0756. The average molecular weight is 189 g/mol. The van der Waals surface area contributed by atoms with Crippen molar-refractivity contribution < 1.29 is 4.79 Å². The topological polar surface area (TPSA) is 29.1 Å². The molecule has 14 heavy (non-hydrogen) atoms. The van der Waals surface area contributed by atoms with Gasteiger partial charge in [-0.2, -0.15) is 0 Å². The van der Waals surface area contributed by atoms with Crippen molar-refractivity contribution in [3.05, 3.63) is 42.0 Å². The molecule has 0 aliphatic carbocycles. The molecule has 0 heterocycles. The molecule has 1 aromatic carbocycles. The Labute approximate surface area is 84.6 Å². The average Bonchev–Trinajstić information content (AvgIpc) is 2.19. The van der Waals surface area contributed by atoms with E-state index in [1.54, 1.807) is 6.08 Å². The molecule has 0 radical (unpaired) electrons. The molecule has 0 bridgehead atoms. The van der Waals surface area contributed by atoms with Gasteiger partial charge in [-0.25, -0.2) is 0 Å². The largest absolute Gasteiger partial charge is 0.322 e. The molecule has 0 atom stereocenters. The van der Waals surface area contributed by atoms with Crippen LogP contribution in [0, 0.1) is 0 Å². The molecular weight excluding hydrogens is 174 g/mol. The third kappa shape index (κ3) is 2.73. The van der Waals surface area contributed by atoms with Gasteiger partial charge < -0.3 is 5.32 Å². The first kappa shape index (κ1) is 10.5. The van der Waals surface area contributed by atoms with Gasteiger partial charge in [0, 0.05) is 5.69 Å². The number of rotatable bonds is 3. The molecule has 0 saturated heterocycles. The van der Waals surface area contributed by atoms with E-state index in [1.165, 1.54) is 6.08 Å². The Hall–Kier alpha value is -1.57. The maximum absolute atomic E-state index is 11.3. The lowest BCUT2D eigenvalue weighted by atomic mass is 10.1. The summed E-state index contributed by atoms with van der Waals surface area (Å²) >= 11 is 0. The first-order valence-corrected chi connectivity index (χ1v) is 4.79. The summed E-state index contributed by atoms with van der Waals surface area (Å²) in [7, 11) is 0. The van der Waals surface area contributed by atoms with Crippen molar-refractivity contribution in [2.24, 2.45) is 0 Å². The number of nitrogens with one attached hydrogen (secondary N) is 1. The highest BCUT2D eigenvalue weighted by Crippen LogP contribution is 2.15. The van der Waals surface area contributed by atoms with Crippen molar-refractivity contribution in [2.75, 3.05) is 5.32 Å². The molecule has 2 nitrogen and oxygen atoms in total. The number of para-hydroxylation sites is 1. The van der Waals surface area contributed by atoms with Crippen LogP contribution in [0.4, 0.5) is 5.69 Å². The van der Waals surface area contributed by atoms with E-state index in [-0.39, 0.29) is 5.91 Å². The molecule has 1 aromatic rings. The quantitative estimate of drug-likeness (QED) is 0.728. The van der Waals surface area contributed by atoms with Crippen LogP contribution in [0.3, 0.4) is 0 Å². The van der Waals surface area contributed by atoms with Gasteiger partial charge >= 0.3 is 0 Å². The van der Waals surface area contributed by atoms with Crippen LogP contribution in [-0.4, -0.2) is 5.91 Å². The number of hydrogen-bond acceptors (Lipinski definition) is 1. The van der Waals surface area contributed by atoms with Crippen molar-refractivity contribution in [3.63, 3.8) is 0 Å². The van der Waals surface area contributed by atoms with E-state index < -0.39 is 0 Å². The minimum absolute atomic E-state index is 0.0756. The molecule has 1 amide bonds. The van der Waals surface area contributed by atoms with Gasteiger partial charge in [0.1, 0.15) is 0 Å². The highest BCUT2D eigenvalue weighted by Gasteiger charge is 2.01. The van der Waals surface area contributed by atoms with Crippen LogP contribution in [0.15, 0.2) is 36.4 Å². The minimum atomic E-state index is -0.0756. The Morgan fingerprint density at radius 1 is 1.43 bits per heavy atom. The highest BCUT2D eigenvalue weighted by atomic mass is 16.1. The fraction of sp³-hybridized carbons (Fsp3) is 0.250. The van der Waals surface area contributed by atoms with E-state index in [1.807, 2.05) is 31.2 Å². The zero-order valence-corrected chi connectivity index (χ0v) is 8.58. The van der Waals surface area contributed by atoms with Crippen molar-refractivity contribution in [3.8, 4) is 0 Å². The minimum Gasteiger partial charge on any atom is -0.322 e. The van der Waals surface area contributed by atoms with E-state index in [9.17, 15) is 4.79 Å². The predicted octanol–water partition coefficient (Wildman–Crippen LogP) is 2.76. The molecule has 1 N–H and O–H groups in total. The van der Waals surface area contributed by atoms with E-state index >= 15 is 0 Å². The number of benzene rings is 1. The monoisotopic (exact) mass is 189 g/mol. The van der Waals surface area contributed by atoms with Crippen LogP contribution >= 0.6 is 0 Å². The number of aryl methyl sites for hydroxylation is 1. The van der Waals surface area contributed by atoms with E-state index in [0.29, 0.717) is 0 Å². The number of hydrogen-bond donors (Lipinski definition) is 1. The highest BCUT2D eigenvalue weighted by molar-refractivity contribution is 5.99. The van der Waals surface area contributed by atoms with Gasteiger partial charge in [0.2, 0.25) is 5.91 Å². The summed E-state index contributed by atoms with van der Waals surface area (Å²) in [6.07, 6.45) is 4.17. The number of amides is 1. The lowest BCUT2D eigenvalue weighted by Crippen LogP contribution is -2.09. The summed E-state index contributed by atoms with van der Waals surface area (Å²) in [4.78, 5) is 11.3. The molecular formula is C12H15NO. The summed E-state index contributed by atoms with van der Waals surface area (Å²) < 4.78 is 0. The lowest BCUT2D eigenvalue weighted by molar-refractivity contribution is -0.111. The van der Waals surface area contributed by atoms with E-state index in [2.05, 4.69) is 12.2 Å². The molecule has 0 spiro atoms. The molecule has 0 unspecified atom stereocenters. The van der Waals surface area contributed by atoms with Gasteiger partial charge in [0.25, 0.3) is 0 Å². The molecule has 2 heteroatoms. The van der Waals surface area contributed by atoms with Gasteiger partial charge in [0.15, 0.2) is 0 Å². The van der Waals surface area contributed by atoms with Crippen LogP contribution in [0.5, 0.6) is 0 Å². The Morgan fingerprint density at radius 2 is 2.14 bits per heavy atom. The third-order valence-electron chi connectivity index (χ3n) is 1.97. The summed E-state index contributed by atoms with van der Waals surface area (Å²) in [5, 5.41) is 2.84. The fourth-order valence-electron chi connectivity index (χ4n) is 1.28. The van der Waals surface area contributed by atoms with Gasteiger partial charge in [-0.3, -0.25) is 4.79 Å². The van der Waals surface area contributed by atoms with Crippen LogP contribution in [-0.2, 0) is 11.2 Å². The maximum atomic E-state index is 11.3. The van der Waals surface area contributed by atoms with Crippen LogP contribution in [0.2, 0.25) is 0 Å². The Balaban J connectivity index is 2.80. The van der Waals surface area contributed by atoms with Gasteiger partial charge in [-0.1, -0.05) is 31.2 Å². The van der Waals surface area contributed by atoms with Crippen LogP contribution in [0.25, 0.3) is 0 Å². The van der Waals surface area contributed by atoms with Gasteiger partial charge in [-0.15, -0.1) is 0 Å². The first-order valence-electron chi connectivity index (χ1n) is 4.79. The molecule has 0 saturated carbocycles. The normalized spacial score (nSPS) is 10.4. The second-order valence-electron chi connectivity index (χ2n) is 3.00. The SMILES string of the molecule is CC=CC(=O)Nc1ccccc1CC. The Bertz CT molecular complexity index is 342. The van der Waals surface area contributed by atoms with Crippen molar-refractivity contribution in [1.82, 2.24) is 0 Å². The molecule has 0 aliphatic rings. The molecule has 74 valence electrons. The zero-order chi connectivity index (χ0) is 10.4. The molecule has 0 fully saturated rings. The standard InChI is InChI=1S/C12H15NO/c1-3-7-12(14)13-11-9-6-5-8-10(11)4-2/h3,5-9H,4H2,1-2H3,(H,13,14). The Kier molecular flexibility index (Phi) is 3.92. The zero-order valence-electron chi connectivity index (χ0n) is 8.58. The van der Waals surface area contributed by atoms with Gasteiger partial charge in [0.05, 0.1) is 0 Å². The van der Waals surface area contributed by atoms with E-state index in [0.717, 1.165) is 17.7 Å². The lowest BCUT2D eigenvalue weighted by Gasteiger charge is -2.07. The third-order valence-corrected chi connectivity index (χ3v) is 1.97. The first-order chi connectivity index (χ1) is 6.77. The smallest absolute Gasteiger partial charge is 0.248 e. The maximum Gasteiger partial charge on any atom is 0.248 e. The van der Waals surface area contributed by atoms with Gasteiger partial charge in [-0.05, 0) is 31.1 Å². The summed E-state index contributed by atoms with van der Waals surface area (Å²) in [6.45, 7) is 3.89. The number of allylic oxidation sites excluding steroid dienone is 1. The Morgan fingerprint density at radius 3 is 2.79 bits per heavy atom. The van der Waals surface area contributed by atoms with Crippen molar-refractivity contribution in [2.45, 2.75) is 20.3 Å². The number of anilines is 1. The summed E-state index contributed by atoms with van der Waals surface area (Å²) in [5.41, 5.74) is 2.06. The van der Waals surface area contributed by atoms with Crippen LogP contribution in [0.1, 0.15) is 19.4 Å². The predicted molar refractivity (Wildman–Crippen MR) is 59.3 cm³/mol. The number of carbonyl (C=O) groups excluding carboxylic acids is 1.